The molecule has 1 fully saturated rings. The molecule has 2 heterocycles. The van der Waals surface area contributed by atoms with Gasteiger partial charge in [0.25, 0.3) is 0 Å². The second-order valence-corrected chi connectivity index (χ2v) is 7.02. The van der Waals surface area contributed by atoms with E-state index in [0.29, 0.717) is 18.0 Å². The Kier molecular flexibility index (Phi) is 5.74. The number of morpholine rings is 1. The van der Waals surface area contributed by atoms with Crippen LogP contribution in [0.15, 0.2) is 35.1 Å². The summed E-state index contributed by atoms with van der Waals surface area (Å²) in [6, 6.07) is 9.34. The summed E-state index contributed by atoms with van der Waals surface area (Å²) in [7, 11) is 1.85. The van der Waals surface area contributed by atoms with Gasteiger partial charge in [-0.15, -0.1) is 0 Å². The lowest BCUT2D eigenvalue weighted by Gasteiger charge is -2.34. The van der Waals surface area contributed by atoms with Gasteiger partial charge in [-0.25, -0.2) is 0 Å². The van der Waals surface area contributed by atoms with Gasteiger partial charge in [0.15, 0.2) is 5.43 Å². The summed E-state index contributed by atoms with van der Waals surface area (Å²) in [5.74, 6) is 0.0435. The first-order valence-electron chi connectivity index (χ1n) is 9.12. The first kappa shape index (κ1) is 18.6. The van der Waals surface area contributed by atoms with E-state index in [1.54, 1.807) is 11.0 Å². The van der Waals surface area contributed by atoms with E-state index in [2.05, 4.69) is 11.8 Å². The van der Waals surface area contributed by atoms with Crippen molar-refractivity contribution in [1.82, 2.24) is 14.4 Å². The smallest absolute Gasteiger partial charge is 0.242 e. The third kappa shape index (κ3) is 3.97. The van der Waals surface area contributed by atoms with Crippen LogP contribution in [0.1, 0.15) is 12.6 Å². The maximum absolute atomic E-state index is 12.8. The van der Waals surface area contributed by atoms with Gasteiger partial charge in [0, 0.05) is 49.9 Å². The number of hydrogen-bond donors (Lipinski definition) is 0. The first-order valence-corrected chi connectivity index (χ1v) is 9.12. The van der Waals surface area contributed by atoms with E-state index in [1.807, 2.05) is 42.8 Å². The lowest BCUT2D eigenvalue weighted by atomic mass is 10.2. The van der Waals surface area contributed by atoms with E-state index >= 15 is 0 Å². The third-order valence-electron chi connectivity index (χ3n) is 5.15. The number of likely N-dealkylation sites (N-methyl/N-ethyl adjacent to an activating group) is 1. The van der Waals surface area contributed by atoms with Gasteiger partial charge < -0.3 is 14.2 Å². The minimum absolute atomic E-state index is 0.00362. The zero-order valence-electron chi connectivity index (χ0n) is 15.8. The molecule has 26 heavy (non-hydrogen) atoms. The summed E-state index contributed by atoms with van der Waals surface area (Å²) in [6.45, 7) is 8.26. The normalized spacial score (nSPS) is 16.6. The molecule has 0 spiro atoms. The average molecular weight is 357 g/mol. The van der Waals surface area contributed by atoms with Crippen molar-refractivity contribution in [3.8, 4) is 0 Å². The molecule has 1 aliphatic rings. The number of para-hydroxylation sites is 1. The van der Waals surface area contributed by atoms with Crippen molar-refractivity contribution in [2.24, 2.45) is 0 Å². The van der Waals surface area contributed by atoms with Gasteiger partial charge in [0.2, 0.25) is 5.91 Å². The van der Waals surface area contributed by atoms with Crippen LogP contribution in [-0.4, -0.2) is 66.2 Å². The molecule has 0 saturated carbocycles. The van der Waals surface area contributed by atoms with Crippen molar-refractivity contribution in [1.29, 1.82) is 0 Å². The number of aromatic nitrogens is 1. The van der Waals surface area contributed by atoms with Crippen LogP contribution in [0.3, 0.4) is 0 Å². The zero-order valence-corrected chi connectivity index (χ0v) is 15.8. The molecule has 1 aliphatic heterocycles. The number of amides is 1. The van der Waals surface area contributed by atoms with Gasteiger partial charge in [-0.1, -0.05) is 12.1 Å². The highest BCUT2D eigenvalue weighted by molar-refractivity contribution is 5.82. The molecule has 0 aliphatic carbocycles. The summed E-state index contributed by atoms with van der Waals surface area (Å²) >= 11 is 0. The van der Waals surface area contributed by atoms with Crippen LogP contribution in [0, 0.1) is 6.92 Å². The van der Waals surface area contributed by atoms with Gasteiger partial charge in [0.05, 0.1) is 18.7 Å². The molecule has 1 atom stereocenters. The number of hydrogen-bond acceptors (Lipinski definition) is 4. The number of carbonyl (C=O) groups is 1. The third-order valence-corrected chi connectivity index (χ3v) is 5.15. The molecule has 6 nitrogen and oxygen atoms in total. The molecule has 1 aromatic heterocycles. The summed E-state index contributed by atoms with van der Waals surface area (Å²) < 4.78 is 7.32. The summed E-state index contributed by atoms with van der Waals surface area (Å²) in [5, 5.41) is 0.648. The van der Waals surface area contributed by atoms with Crippen molar-refractivity contribution in [2.45, 2.75) is 26.4 Å². The van der Waals surface area contributed by atoms with E-state index in [0.717, 1.165) is 37.5 Å². The van der Waals surface area contributed by atoms with E-state index in [1.165, 1.54) is 0 Å². The Morgan fingerprint density at radius 3 is 2.69 bits per heavy atom. The summed E-state index contributed by atoms with van der Waals surface area (Å²) in [5.41, 5.74) is 1.60. The Labute approximate surface area is 154 Å². The largest absolute Gasteiger partial charge is 0.379 e. The van der Waals surface area contributed by atoms with Gasteiger partial charge in [-0.05, 0) is 26.0 Å². The average Bonchev–Trinajstić information content (AvgIpc) is 2.65. The van der Waals surface area contributed by atoms with Crippen LogP contribution in [-0.2, 0) is 16.1 Å². The Bertz CT molecular complexity index is 840. The zero-order chi connectivity index (χ0) is 18.7. The molecule has 6 heteroatoms. The van der Waals surface area contributed by atoms with Gasteiger partial charge in [-0.2, -0.15) is 0 Å². The molecule has 3 rings (SSSR count). The van der Waals surface area contributed by atoms with Crippen LogP contribution in [0.4, 0.5) is 0 Å². The molecule has 0 radical (unpaired) electrons. The van der Waals surface area contributed by atoms with E-state index in [4.69, 9.17) is 4.74 Å². The monoisotopic (exact) mass is 357 g/mol. The quantitative estimate of drug-likeness (QED) is 0.814. The molecule has 1 saturated heterocycles. The molecule has 0 N–H and O–H groups in total. The number of ether oxygens (including phenoxy) is 1. The molecular formula is C20H27N3O3. The minimum Gasteiger partial charge on any atom is -0.379 e. The highest BCUT2D eigenvalue weighted by atomic mass is 16.5. The van der Waals surface area contributed by atoms with Crippen LogP contribution >= 0.6 is 0 Å². The standard InChI is InChI=1S/C20H27N3O3/c1-15-12-19(24)17-6-4-5-7-18(17)23(15)14-20(25)21(3)13-16(2)22-8-10-26-11-9-22/h4-7,12,16H,8-11,13-14H2,1-3H3. The van der Waals surface area contributed by atoms with Gasteiger partial charge in [0.1, 0.15) is 6.54 Å². The number of carbonyl (C=O) groups excluding carboxylic acids is 1. The van der Waals surface area contributed by atoms with Crippen LogP contribution < -0.4 is 5.43 Å². The van der Waals surface area contributed by atoms with Crippen LogP contribution in [0.25, 0.3) is 10.9 Å². The topological polar surface area (TPSA) is 54.8 Å². The Hall–Kier alpha value is -2.18. The number of aryl methyl sites for hydroxylation is 1. The SMILES string of the molecule is Cc1cc(=O)c2ccccc2n1CC(=O)N(C)CC(C)N1CCOCC1. The minimum atomic E-state index is -0.00362. The van der Waals surface area contributed by atoms with Crippen molar-refractivity contribution in [3.63, 3.8) is 0 Å². The molecular weight excluding hydrogens is 330 g/mol. The molecule has 140 valence electrons. The van der Waals surface area contributed by atoms with Gasteiger partial charge >= 0.3 is 0 Å². The predicted molar refractivity (Wildman–Crippen MR) is 102 cm³/mol. The molecule has 0 bridgehead atoms. The fourth-order valence-corrected chi connectivity index (χ4v) is 3.55. The molecule has 2 aromatic rings. The number of nitrogens with zero attached hydrogens (tertiary/aromatic N) is 3. The molecule has 1 amide bonds. The van der Waals surface area contributed by atoms with E-state index in [-0.39, 0.29) is 17.9 Å². The lowest BCUT2D eigenvalue weighted by molar-refractivity contribution is -0.131. The fraction of sp³-hybridized carbons (Fsp3) is 0.500. The predicted octanol–water partition coefficient (Wildman–Crippen LogP) is 1.49. The fourth-order valence-electron chi connectivity index (χ4n) is 3.55. The number of fused-ring (bicyclic) bond motifs is 1. The maximum atomic E-state index is 12.8. The summed E-state index contributed by atoms with van der Waals surface area (Å²) in [6.07, 6.45) is 0. The Balaban J connectivity index is 1.73. The number of pyridine rings is 1. The maximum Gasteiger partial charge on any atom is 0.242 e. The molecule has 1 unspecified atom stereocenters. The molecule has 1 aromatic carbocycles. The van der Waals surface area contributed by atoms with Crippen molar-refractivity contribution in [3.05, 3.63) is 46.2 Å². The number of rotatable bonds is 5. The second kappa shape index (κ2) is 8.01. The number of benzene rings is 1. The summed E-state index contributed by atoms with van der Waals surface area (Å²) in [4.78, 5) is 29.1. The first-order chi connectivity index (χ1) is 12.5. The van der Waals surface area contributed by atoms with Crippen LogP contribution in [0.5, 0.6) is 0 Å². The highest BCUT2D eigenvalue weighted by Crippen LogP contribution is 2.13. The Morgan fingerprint density at radius 2 is 1.96 bits per heavy atom. The second-order valence-electron chi connectivity index (χ2n) is 7.02. The highest BCUT2D eigenvalue weighted by Gasteiger charge is 2.21. The van der Waals surface area contributed by atoms with Crippen LogP contribution in [0.2, 0.25) is 0 Å². The van der Waals surface area contributed by atoms with E-state index < -0.39 is 0 Å². The van der Waals surface area contributed by atoms with Gasteiger partial charge in [-0.3, -0.25) is 14.5 Å². The Morgan fingerprint density at radius 1 is 1.27 bits per heavy atom. The van der Waals surface area contributed by atoms with E-state index in [9.17, 15) is 9.59 Å². The lowest BCUT2D eigenvalue weighted by Crippen LogP contribution is -2.48. The van der Waals surface area contributed by atoms with Crippen molar-refractivity contribution >= 4 is 16.8 Å². The van der Waals surface area contributed by atoms with Crippen molar-refractivity contribution in [2.75, 3.05) is 39.9 Å². The van der Waals surface area contributed by atoms with Crippen molar-refractivity contribution < 1.29 is 9.53 Å².